The van der Waals surface area contributed by atoms with Gasteiger partial charge in [0, 0.05) is 38.0 Å². The summed E-state index contributed by atoms with van der Waals surface area (Å²) in [6.07, 6.45) is 5.27. The van der Waals surface area contributed by atoms with E-state index in [1.54, 1.807) is 6.07 Å². The van der Waals surface area contributed by atoms with Gasteiger partial charge in [-0.15, -0.1) is 0 Å². The minimum Gasteiger partial charge on any atom is -0.366 e. The van der Waals surface area contributed by atoms with Gasteiger partial charge in [0.05, 0.1) is 11.7 Å². The number of benzene rings is 2. The monoisotopic (exact) mass is 443 g/mol. The highest BCUT2D eigenvalue weighted by molar-refractivity contribution is 5.94. The highest BCUT2D eigenvalue weighted by atomic mass is 16.1. The van der Waals surface area contributed by atoms with Crippen LogP contribution in [0.15, 0.2) is 48.7 Å². The Morgan fingerprint density at radius 3 is 2.67 bits per heavy atom. The number of primary amides is 1. The molecule has 0 bridgehead atoms. The number of nitrogens with two attached hydrogens (primary N) is 1. The Morgan fingerprint density at radius 1 is 1.12 bits per heavy atom. The average molecular weight is 444 g/mol. The van der Waals surface area contributed by atoms with Crippen LogP contribution < -0.4 is 10.6 Å². The molecule has 1 aromatic heterocycles. The number of rotatable bonds is 6. The molecule has 33 heavy (non-hydrogen) atoms. The smallest absolute Gasteiger partial charge is 0.248 e. The van der Waals surface area contributed by atoms with E-state index in [9.17, 15) is 4.79 Å². The zero-order valence-corrected chi connectivity index (χ0v) is 20.0. The summed E-state index contributed by atoms with van der Waals surface area (Å²) in [5, 5.41) is 0. The van der Waals surface area contributed by atoms with E-state index in [2.05, 4.69) is 41.9 Å². The van der Waals surface area contributed by atoms with E-state index in [1.165, 1.54) is 23.1 Å². The highest BCUT2D eigenvalue weighted by Gasteiger charge is 2.28. The molecule has 6 heteroatoms. The zero-order valence-electron chi connectivity index (χ0n) is 20.0. The molecule has 2 heterocycles. The molecule has 0 spiro atoms. The fourth-order valence-electron chi connectivity index (χ4n) is 4.54. The molecule has 1 unspecified atom stereocenters. The number of aryl methyl sites for hydroxylation is 2. The van der Waals surface area contributed by atoms with Gasteiger partial charge in [-0.1, -0.05) is 36.8 Å². The average Bonchev–Trinajstić information content (AvgIpc) is 2.81. The molecule has 1 aliphatic rings. The first-order valence-electron chi connectivity index (χ1n) is 11.6. The van der Waals surface area contributed by atoms with E-state index < -0.39 is 5.91 Å². The van der Waals surface area contributed by atoms with Crippen LogP contribution >= 0.6 is 0 Å². The summed E-state index contributed by atoms with van der Waals surface area (Å²) in [5.41, 5.74) is 12.9. The molecule has 1 aliphatic heterocycles. The normalized spacial score (nSPS) is 16.5. The first-order valence-corrected chi connectivity index (χ1v) is 11.6. The predicted molar refractivity (Wildman–Crippen MR) is 133 cm³/mol. The standard InChI is InChI=1S/C27H33N5O/c1-18-11-12-20(14-19(18)2)17-32-13-6-5-10-24(32)25-23(16-29-27(30-25)31(3)4)21-8-7-9-22(15-21)26(28)33/h7-9,11-12,14-16,24H,5-6,10,13,17H2,1-4H3,(H2,28,33). The van der Waals surface area contributed by atoms with Crippen LogP contribution in [-0.2, 0) is 6.54 Å². The quantitative estimate of drug-likeness (QED) is 0.600. The number of likely N-dealkylation sites (tertiary alicyclic amines) is 1. The number of hydrogen-bond donors (Lipinski definition) is 1. The van der Waals surface area contributed by atoms with E-state index in [1.807, 2.05) is 43.4 Å². The molecule has 0 radical (unpaired) electrons. The summed E-state index contributed by atoms with van der Waals surface area (Å²) in [5.74, 6) is 0.259. The summed E-state index contributed by atoms with van der Waals surface area (Å²) in [4.78, 5) is 25.9. The number of nitrogens with zero attached hydrogens (tertiary/aromatic N) is 4. The summed E-state index contributed by atoms with van der Waals surface area (Å²) < 4.78 is 0. The SMILES string of the molecule is Cc1ccc(CN2CCCCC2c2nc(N(C)C)ncc2-c2cccc(C(N)=O)c2)cc1C. The van der Waals surface area contributed by atoms with Crippen molar-refractivity contribution in [2.45, 2.75) is 45.7 Å². The van der Waals surface area contributed by atoms with Crippen LogP contribution in [0.25, 0.3) is 11.1 Å². The number of piperidine rings is 1. The lowest BCUT2D eigenvalue weighted by molar-refractivity contribution is 0.100. The van der Waals surface area contributed by atoms with Gasteiger partial charge >= 0.3 is 0 Å². The molecule has 1 fully saturated rings. The molecular formula is C27H33N5O. The molecule has 2 aromatic carbocycles. The van der Waals surface area contributed by atoms with E-state index in [0.29, 0.717) is 11.5 Å². The number of carbonyl (C=O) groups excluding carboxylic acids is 1. The molecule has 172 valence electrons. The second kappa shape index (κ2) is 9.71. The molecule has 1 saturated heterocycles. The topological polar surface area (TPSA) is 75.3 Å². The van der Waals surface area contributed by atoms with Crippen molar-refractivity contribution in [1.82, 2.24) is 14.9 Å². The van der Waals surface area contributed by atoms with Crippen LogP contribution in [-0.4, -0.2) is 41.4 Å². The van der Waals surface area contributed by atoms with E-state index >= 15 is 0 Å². The van der Waals surface area contributed by atoms with E-state index in [0.717, 1.165) is 42.8 Å². The third-order valence-corrected chi connectivity index (χ3v) is 6.55. The molecule has 6 nitrogen and oxygen atoms in total. The summed E-state index contributed by atoms with van der Waals surface area (Å²) in [6.45, 7) is 6.23. The van der Waals surface area contributed by atoms with Gasteiger partial charge < -0.3 is 10.6 Å². The van der Waals surface area contributed by atoms with Crippen LogP contribution in [0.5, 0.6) is 0 Å². The Kier molecular flexibility index (Phi) is 6.75. The fourth-order valence-corrected chi connectivity index (χ4v) is 4.54. The first kappa shape index (κ1) is 22.9. The predicted octanol–water partition coefficient (Wildman–Crippen LogP) is 4.65. The maximum absolute atomic E-state index is 11.8. The third-order valence-electron chi connectivity index (χ3n) is 6.55. The van der Waals surface area contributed by atoms with Crippen molar-refractivity contribution in [1.29, 1.82) is 0 Å². The summed E-state index contributed by atoms with van der Waals surface area (Å²) >= 11 is 0. The van der Waals surface area contributed by atoms with Crippen molar-refractivity contribution >= 4 is 11.9 Å². The van der Waals surface area contributed by atoms with Crippen molar-refractivity contribution in [3.8, 4) is 11.1 Å². The lowest BCUT2D eigenvalue weighted by atomic mass is 9.92. The van der Waals surface area contributed by atoms with Gasteiger partial charge in [0.2, 0.25) is 11.9 Å². The Bertz CT molecular complexity index is 1160. The lowest BCUT2D eigenvalue weighted by Gasteiger charge is -2.36. The number of anilines is 1. The number of amides is 1. The molecule has 0 aliphatic carbocycles. The Morgan fingerprint density at radius 2 is 1.94 bits per heavy atom. The third kappa shape index (κ3) is 5.06. The van der Waals surface area contributed by atoms with Crippen molar-refractivity contribution in [2.75, 3.05) is 25.5 Å². The maximum atomic E-state index is 11.8. The van der Waals surface area contributed by atoms with Crippen LogP contribution in [0, 0.1) is 13.8 Å². The zero-order chi connectivity index (χ0) is 23.5. The summed E-state index contributed by atoms with van der Waals surface area (Å²) in [6, 6.07) is 14.4. The first-order chi connectivity index (χ1) is 15.8. The van der Waals surface area contributed by atoms with E-state index in [4.69, 9.17) is 10.7 Å². The van der Waals surface area contributed by atoms with Crippen molar-refractivity contribution in [3.05, 3.63) is 76.6 Å². The largest absolute Gasteiger partial charge is 0.366 e. The molecule has 4 rings (SSSR count). The minimum atomic E-state index is -0.432. The van der Waals surface area contributed by atoms with E-state index in [-0.39, 0.29) is 6.04 Å². The van der Waals surface area contributed by atoms with Crippen LogP contribution in [0.3, 0.4) is 0 Å². The van der Waals surface area contributed by atoms with Crippen LogP contribution in [0.2, 0.25) is 0 Å². The van der Waals surface area contributed by atoms with Gasteiger partial charge in [-0.25, -0.2) is 9.97 Å². The van der Waals surface area contributed by atoms with Crippen LogP contribution in [0.1, 0.15) is 58.0 Å². The van der Waals surface area contributed by atoms with Crippen molar-refractivity contribution in [2.24, 2.45) is 5.73 Å². The molecule has 3 aromatic rings. The van der Waals surface area contributed by atoms with Crippen LogP contribution in [0.4, 0.5) is 5.95 Å². The lowest BCUT2D eigenvalue weighted by Crippen LogP contribution is -2.34. The van der Waals surface area contributed by atoms with Gasteiger partial charge in [-0.2, -0.15) is 0 Å². The second-order valence-electron chi connectivity index (χ2n) is 9.21. The maximum Gasteiger partial charge on any atom is 0.248 e. The highest BCUT2D eigenvalue weighted by Crippen LogP contribution is 2.37. The molecule has 2 N–H and O–H groups in total. The molecule has 1 amide bonds. The van der Waals surface area contributed by atoms with Gasteiger partial charge in [0.15, 0.2) is 0 Å². The second-order valence-corrected chi connectivity index (χ2v) is 9.21. The number of hydrogen-bond acceptors (Lipinski definition) is 5. The number of carbonyl (C=O) groups is 1. The van der Waals surface area contributed by atoms with Gasteiger partial charge in [-0.3, -0.25) is 9.69 Å². The van der Waals surface area contributed by atoms with Gasteiger partial charge in [0.1, 0.15) is 0 Å². The summed E-state index contributed by atoms with van der Waals surface area (Å²) in [7, 11) is 3.92. The van der Waals surface area contributed by atoms with Gasteiger partial charge in [0.25, 0.3) is 0 Å². The van der Waals surface area contributed by atoms with Crippen molar-refractivity contribution < 1.29 is 4.79 Å². The number of aromatic nitrogens is 2. The van der Waals surface area contributed by atoms with Crippen molar-refractivity contribution in [3.63, 3.8) is 0 Å². The minimum absolute atomic E-state index is 0.175. The Hall–Kier alpha value is -3.25. The molecular weight excluding hydrogens is 410 g/mol. The molecule has 1 atom stereocenters. The Balaban J connectivity index is 1.77. The fraction of sp³-hybridized carbons (Fsp3) is 0.370. The van der Waals surface area contributed by atoms with Gasteiger partial charge in [-0.05, 0) is 67.6 Å². The molecule has 0 saturated carbocycles. The Labute approximate surface area is 196 Å².